The van der Waals surface area contributed by atoms with Crippen LogP contribution >= 0.6 is 11.8 Å². The average Bonchev–Trinajstić information content (AvgIpc) is 3.44. The van der Waals surface area contributed by atoms with E-state index in [0.717, 1.165) is 43.9 Å². The molecule has 0 saturated carbocycles. The van der Waals surface area contributed by atoms with Crippen LogP contribution in [0.4, 0.5) is 4.39 Å². The van der Waals surface area contributed by atoms with E-state index in [-0.39, 0.29) is 18.1 Å². The van der Waals surface area contributed by atoms with Crippen molar-refractivity contribution in [2.24, 2.45) is 5.41 Å². The zero-order valence-corrected chi connectivity index (χ0v) is 21.4. The smallest absolute Gasteiger partial charge is 0.112 e. The van der Waals surface area contributed by atoms with Gasteiger partial charge in [-0.15, -0.1) is 0 Å². The Kier molecular flexibility index (Phi) is 6.38. The Labute approximate surface area is 206 Å². The minimum absolute atomic E-state index is 0.195. The number of rotatable bonds is 7. The van der Waals surface area contributed by atoms with Gasteiger partial charge in [0.2, 0.25) is 0 Å². The number of benzene rings is 1. The molecule has 0 bridgehead atoms. The van der Waals surface area contributed by atoms with Crippen LogP contribution in [0.2, 0.25) is 0 Å². The summed E-state index contributed by atoms with van der Waals surface area (Å²) in [7, 11) is 0. The predicted octanol–water partition coefficient (Wildman–Crippen LogP) is 5.80. The van der Waals surface area contributed by atoms with Gasteiger partial charge in [-0.2, -0.15) is 0 Å². The molecule has 5 rings (SSSR count). The van der Waals surface area contributed by atoms with E-state index >= 15 is 0 Å². The van der Waals surface area contributed by atoms with Gasteiger partial charge in [0.25, 0.3) is 0 Å². The summed E-state index contributed by atoms with van der Waals surface area (Å²) in [5, 5.41) is 12.1. The van der Waals surface area contributed by atoms with E-state index in [9.17, 15) is 4.39 Å². The van der Waals surface area contributed by atoms with Crippen molar-refractivity contribution >= 4 is 22.7 Å². The van der Waals surface area contributed by atoms with E-state index in [4.69, 9.17) is 0 Å². The molecule has 3 heterocycles. The van der Waals surface area contributed by atoms with Crippen LogP contribution in [0.25, 0.3) is 10.9 Å². The number of fused-ring (bicyclic) bond motifs is 2. The second-order valence-electron chi connectivity index (χ2n) is 9.82. The number of alkyl halides is 1. The van der Waals surface area contributed by atoms with Crippen molar-refractivity contribution in [2.45, 2.75) is 53.0 Å². The van der Waals surface area contributed by atoms with Gasteiger partial charge in [0, 0.05) is 33.5 Å². The molecule has 4 nitrogen and oxygen atoms in total. The van der Waals surface area contributed by atoms with E-state index in [1.165, 1.54) is 43.1 Å². The largest absolute Gasteiger partial charge is 0.371 e. The molecule has 1 aliphatic carbocycles. The van der Waals surface area contributed by atoms with Gasteiger partial charge >= 0.3 is 0 Å². The SMILES string of the molecule is CCC1(CF)C=C(C2=CC3NCNC(NCCc4c(C)[nH]c5c(C)ccc(C)c45)=C3S2)C=CC1. The van der Waals surface area contributed by atoms with Crippen LogP contribution < -0.4 is 16.0 Å². The Hall–Kier alpha value is -2.44. The third-order valence-electron chi connectivity index (χ3n) is 7.56. The number of allylic oxidation sites excluding steroid dienone is 4. The second-order valence-corrected chi connectivity index (χ2v) is 10.9. The summed E-state index contributed by atoms with van der Waals surface area (Å²) in [5.74, 6) is 1.11. The maximum atomic E-state index is 13.8. The standard InChI is InChI=1S/C28H35FN4S/c1-5-28(15-29)11-6-7-20(14-28)23-13-22-26(34-23)27(32-16-31-22)30-12-10-21-19(4)33-25-18(3)9-8-17(2)24(21)25/h6-9,13-14,22,30-33H,5,10-12,15-16H2,1-4H3. The molecule has 6 heteroatoms. The van der Waals surface area contributed by atoms with Gasteiger partial charge in [0.05, 0.1) is 24.3 Å². The highest BCUT2D eigenvalue weighted by molar-refractivity contribution is 8.07. The fourth-order valence-electron chi connectivity index (χ4n) is 5.32. The predicted molar refractivity (Wildman–Crippen MR) is 142 cm³/mol. The zero-order chi connectivity index (χ0) is 23.9. The van der Waals surface area contributed by atoms with Gasteiger partial charge in [-0.25, -0.2) is 0 Å². The van der Waals surface area contributed by atoms with E-state index in [2.05, 4.69) is 85.1 Å². The van der Waals surface area contributed by atoms with Crippen LogP contribution in [-0.2, 0) is 6.42 Å². The molecule has 0 saturated heterocycles. The number of nitrogens with one attached hydrogen (secondary N) is 4. The highest BCUT2D eigenvalue weighted by Crippen LogP contribution is 2.45. The topological polar surface area (TPSA) is 51.9 Å². The lowest BCUT2D eigenvalue weighted by Gasteiger charge is -2.28. The van der Waals surface area contributed by atoms with Crippen molar-refractivity contribution in [1.29, 1.82) is 0 Å². The first-order valence-corrected chi connectivity index (χ1v) is 13.1. The van der Waals surface area contributed by atoms with Crippen molar-refractivity contribution in [3.63, 3.8) is 0 Å². The van der Waals surface area contributed by atoms with Crippen LogP contribution in [-0.4, -0.2) is 30.9 Å². The van der Waals surface area contributed by atoms with Gasteiger partial charge in [-0.1, -0.05) is 49.0 Å². The number of halogens is 1. The minimum Gasteiger partial charge on any atom is -0.371 e. The average molecular weight is 479 g/mol. The first-order valence-electron chi connectivity index (χ1n) is 12.3. The summed E-state index contributed by atoms with van der Waals surface area (Å²) in [4.78, 5) is 6.09. The normalized spacial score (nSPS) is 24.2. The third-order valence-corrected chi connectivity index (χ3v) is 8.83. The number of aromatic amines is 1. The summed E-state index contributed by atoms with van der Waals surface area (Å²) in [6.07, 6.45) is 11.3. The van der Waals surface area contributed by atoms with Crippen molar-refractivity contribution < 1.29 is 4.39 Å². The number of hydrogen-bond donors (Lipinski definition) is 4. The lowest BCUT2D eigenvalue weighted by Crippen LogP contribution is -2.45. The van der Waals surface area contributed by atoms with Crippen LogP contribution in [0.5, 0.6) is 0 Å². The Morgan fingerprint density at radius 2 is 2.03 bits per heavy atom. The second kappa shape index (κ2) is 9.31. The molecular weight excluding hydrogens is 443 g/mol. The molecule has 0 spiro atoms. The maximum absolute atomic E-state index is 13.8. The van der Waals surface area contributed by atoms with Crippen molar-refractivity contribution in [2.75, 3.05) is 19.9 Å². The zero-order valence-electron chi connectivity index (χ0n) is 20.6. The molecule has 1 aromatic heterocycles. The Morgan fingerprint density at radius 3 is 2.82 bits per heavy atom. The lowest BCUT2D eigenvalue weighted by atomic mass is 9.78. The Balaban J connectivity index is 1.32. The number of aromatic nitrogens is 1. The summed E-state index contributed by atoms with van der Waals surface area (Å²) >= 11 is 1.79. The van der Waals surface area contributed by atoms with Crippen LogP contribution in [0, 0.1) is 26.2 Å². The van der Waals surface area contributed by atoms with Gasteiger partial charge in [0.15, 0.2) is 0 Å². The Bertz CT molecular complexity index is 1230. The number of H-pyrrole nitrogens is 1. The molecule has 1 aromatic carbocycles. The van der Waals surface area contributed by atoms with Gasteiger partial charge in [-0.3, -0.25) is 9.71 Å². The lowest BCUT2D eigenvalue weighted by molar-refractivity contribution is 0.261. The molecule has 2 atom stereocenters. The minimum atomic E-state index is -0.353. The summed E-state index contributed by atoms with van der Waals surface area (Å²) in [6, 6.07) is 4.61. The highest BCUT2D eigenvalue weighted by atomic mass is 32.2. The third kappa shape index (κ3) is 4.11. The molecule has 34 heavy (non-hydrogen) atoms. The van der Waals surface area contributed by atoms with Gasteiger partial charge < -0.3 is 15.6 Å². The quantitative estimate of drug-likeness (QED) is 0.407. The molecule has 2 aromatic rings. The molecule has 4 N–H and O–H groups in total. The first-order chi connectivity index (χ1) is 16.4. The number of hydrogen-bond acceptors (Lipinski definition) is 4. The monoisotopic (exact) mass is 478 g/mol. The van der Waals surface area contributed by atoms with E-state index < -0.39 is 0 Å². The van der Waals surface area contributed by atoms with Crippen molar-refractivity contribution in [3.05, 3.63) is 80.0 Å². The number of aryl methyl sites for hydroxylation is 3. The molecule has 0 amide bonds. The fourth-order valence-corrected chi connectivity index (χ4v) is 6.53. The molecule has 2 aliphatic heterocycles. The molecule has 0 fully saturated rings. The summed E-state index contributed by atoms with van der Waals surface area (Å²) in [6.45, 7) is 9.90. The van der Waals surface area contributed by atoms with E-state index in [1.807, 2.05) is 0 Å². The fraction of sp³-hybridized carbons (Fsp3) is 0.429. The summed E-state index contributed by atoms with van der Waals surface area (Å²) < 4.78 is 13.8. The first kappa shape index (κ1) is 23.3. The van der Waals surface area contributed by atoms with Crippen LogP contribution in [0.1, 0.15) is 42.1 Å². The Morgan fingerprint density at radius 1 is 1.21 bits per heavy atom. The van der Waals surface area contributed by atoms with E-state index in [1.54, 1.807) is 11.8 Å². The van der Waals surface area contributed by atoms with E-state index in [0.29, 0.717) is 0 Å². The molecule has 0 radical (unpaired) electrons. The molecular formula is C28H35FN4S. The maximum Gasteiger partial charge on any atom is 0.112 e. The highest BCUT2D eigenvalue weighted by Gasteiger charge is 2.33. The summed E-state index contributed by atoms with van der Waals surface area (Å²) in [5.41, 5.74) is 7.34. The number of thioether (sulfide) groups is 1. The van der Waals surface area contributed by atoms with Gasteiger partial charge in [-0.05, 0) is 68.4 Å². The molecule has 2 unspecified atom stereocenters. The van der Waals surface area contributed by atoms with Gasteiger partial charge in [0.1, 0.15) is 5.82 Å². The van der Waals surface area contributed by atoms with Crippen LogP contribution in [0.3, 0.4) is 0 Å². The van der Waals surface area contributed by atoms with Crippen molar-refractivity contribution in [3.8, 4) is 0 Å². The van der Waals surface area contributed by atoms with Crippen molar-refractivity contribution in [1.82, 2.24) is 20.9 Å². The molecule has 180 valence electrons. The van der Waals surface area contributed by atoms with Crippen LogP contribution in [0.15, 0.2) is 57.6 Å². The molecule has 3 aliphatic rings.